The van der Waals surface area contributed by atoms with Gasteiger partial charge in [-0.2, -0.15) is 0 Å². The highest BCUT2D eigenvalue weighted by atomic mass is 19.1. The summed E-state index contributed by atoms with van der Waals surface area (Å²) < 4.78 is 35.1. The largest absolute Gasteiger partial charge is 0.493 e. The van der Waals surface area contributed by atoms with E-state index in [0.717, 1.165) is 16.7 Å². The van der Waals surface area contributed by atoms with Gasteiger partial charge in [0.15, 0.2) is 23.0 Å². The van der Waals surface area contributed by atoms with E-state index < -0.39 is 0 Å². The molecule has 0 saturated heterocycles. The number of carbonyl (C=O) groups is 1. The van der Waals surface area contributed by atoms with E-state index in [1.54, 1.807) is 64.8 Å². The first kappa shape index (κ1) is 27.4. The number of rotatable bonds is 9. The average Bonchev–Trinajstić information content (AvgIpc) is 3.02. The minimum atomic E-state index is -0.328. The molecule has 5 aromatic rings. The molecule has 0 fully saturated rings. The number of hydrogen-bond donors (Lipinski definition) is 1. The van der Waals surface area contributed by atoms with Crippen molar-refractivity contribution in [1.29, 1.82) is 0 Å². The molecule has 0 aliphatic heterocycles. The monoisotopic (exact) mass is 553 g/mol. The number of halogens is 1. The zero-order valence-corrected chi connectivity index (χ0v) is 23.0. The van der Waals surface area contributed by atoms with Gasteiger partial charge in [-0.15, -0.1) is 0 Å². The van der Waals surface area contributed by atoms with Crippen LogP contribution in [-0.4, -0.2) is 44.3 Å². The fourth-order valence-electron chi connectivity index (χ4n) is 4.45. The Morgan fingerprint density at radius 1 is 0.659 bits per heavy atom. The van der Waals surface area contributed by atoms with Crippen LogP contribution in [0.15, 0.2) is 78.9 Å². The van der Waals surface area contributed by atoms with Crippen LogP contribution >= 0.6 is 0 Å². The quantitative estimate of drug-likeness (QED) is 0.237. The van der Waals surface area contributed by atoms with Crippen molar-refractivity contribution in [2.75, 3.05) is 28.4 Å². The number of methoxy groups -OCH3 is 4. The Labute approximate surface area is 236 Å². The Kier molecular flexibility index (Phi) is 7.96. The lowest BCUT2D eigenvalue weighted by Gasteiger charge is -2.15. The highest BCUT2D eigenvalue weighted by molar-refractivity contribution is 5.98. The molecule has 0 unspecified atom stereocenters. The SMILES string of the molecule is COc1ccc(-c2nc3ccc(C(=O)NCc4ccc(F)cc4)cc3nc2-c2ccc(OC)c(OC)c2)cc1OC. The van der Waals surface area contributed by atoms with Crippen molar-refractivity contribution in [2.24, 2.45) is 0 Å². The molecule has 0 atom stereocenters. The number of fused-ring (bicyclic) bond motifs is 1. The topological polar surface area (TPSA) is 91.8 Å². The molecule has 1 aromatic heterocycles. The predicted molar refractivity (Wildman–Crippen MR) is 154 cm³/mol. The maximum atomic E-state index is 13.2. The van der Waals surface area contributed by atoms with Crippen molar-refractivity contribution < 1.29 is 28.1 Å². The van der Waals surface area contributed by atoms with E-state index in [4.69, 9.17) is 28.9 Å². The van der Waals surface area contributed by atoms with Crippen molar-refractivity contribution in [3.8, 4) is 45.5 Å². The predicted octanol–water partition coefficient (Wildman–Crippen LogP) is 6.07. The van der Waals surface area contributed by atoms with Crippen molar-refractivity contribution in [3.63, 3.8) is 0 Å². The van der Waals surface area contributed by atoms with Gasteiger partial charge >= 0.3 is 0 Å². The van der Waals surface area contributed by atoms with Gasteiger partial charge in [-0.05, 0) is 72.3 Å². The summed E-state index contributed by atoms with van der Waals surface area (Å²) in [7, 11) is 6.30. The fraction of sp³-hybridized carbons (Fsp3) is 0.156. The van der Waals surface area contributed by atoms with E-state index in [1.165, 1.54) is 12.1 Å². The van der Waals surface area contributed by atoms with Crippen LogP contribution in [0.5, 0.6) is 23.0 Å². The second-order valence-electron chi connectivity index (χ2n) is 9.07. The molecule has 0 bridgehead atoms. The summed E-state index contributed by atoms with van der Waals surface area (Å²) in [5.41, 5.74) is 5.05. The molecule has 1 heterocycles. The number of aromatic nitrogens is 2. The molecule has 0 spiro atoms. The Bertz CT molecular complexity index is 1720. The van der Waals surface area contributed by atoms with Gasteiger partial charge in [0.2, 0.25) is 0 Å². The zero-order valence-electron chi connectivity index (χ0n) is 23.0. The van der Waals surface area contributed by atoms with Crippen molar-refractivity contribution >= 4 is 16.9 Å². The van der Waals surface area contributed by atoms with E-state index in [1.807, 2.05) is 30.3 Å². The second-order valence-corrected chi connectivity index (χ2v) is 9.07. The molecule has 5 rings (SSSR count). The first-order valence-corrected chi connectivity index (χ1v) is 12.7. The van der Waals surface area contributed by atoms with Gasteiger partial charge in [-0.1, -0.05) is 12.1 Å². The first-order valence-electron chi connectivity index (χ1n) is 12.7. The highest BCUT2D eigenvalue weighted by Gasteiger charge is 2.18. The van der Waals surface area contributed by atoms with Gasteiger partial charge in [-0.3, -0.25) is 4.79 Å². The molecule has 208 valence electrons. The van der Waals surface area contributed by atoms with E-state index in [2.05, 4.69) is 5.32 Å². The molecule has 4 aromatic carbocycles. The van der Waals surface area contributed by atoms with Crippen LogP contribution in [0.25, 0.3) is 33.5 Å². The van der Waals surface area contributed by atoms with Gasteiger partial charge in [-0.25, -0.2) is 14.4 Å². The van der Waals surface area contributed by atoms with Gasteiger partial charge in [0.25, 0.3) is 5.91 Å². The summed E-state index contributed by atoms with van der Waals surface area (Å²) in [6, 6.07) is 22.2. The Morgan fingerprint density at radius 3 is 1.73 bits per heavy atom. The lowest BCUT2D eigenvalue weighted by Crippen LogP contribution is -2.22. The molecule has 0 aliphatic rings. The van der Waals surface area contributed by atoms with Gasteiger partial charge in [0.05, 0.1) is 50.9 Å². The van der Waals surface area contributed by atoms with Crippen LogP contribution in [0.3, 0.4) is 0 Å². The van der Waals surface area contributed by atoms with E-state index >= 15 is 0 Å². The lowest BCUT2D eigenvalue weighted by atomic mass is 10.0. The summed E-state index contributed by atoms with van der Waals surface area (Å²) in [6.07, 6.45) is 0. The standard InChI is InChI=1S/C32H28FN3O5/c1-38-26-13-8-20(16-28(26)40-3)30-31(21-9-14-27(39-2)29(17-21)41-4)36-25-15-22(7-12-24(25)35-30)32(37)34-18-19-5-10-23(33)11-6-19/h5-17H,18H2,1-4H3,(H,34,37). The van der Waals surface area contributed by atoms with Crippen molar-refractivity contribution in [2.45, 2.75) is 6.54 Å². The molecule has 41 heavy (non-hydrogen) atoms. The molecule has 1 amide bonds. The zero-order chi connectivity index (χ0) is 28.9. The van der Waals surface area contributed by atoms with Gasteiger partial charge < -0.3 is 24.3 Å². The summed E-state index contributed by atoms with van der Waals surface area (Å²) in [5, 5.41) is 2.87. The molecule has 8 nitrogen and oxygen atoms in total. The molecule has 1 N–H and O–H groups in total. The van der Waals surface area contributed by atoms with Crippen LogP contribution in [0.1, 0.15) is 15.9 Å². The Morgan fingerprint density at radius 2 is 1.20 bits per heavy atom. The maximum absolute atomic E-state index is 13.2. The third-order valence-corrected chi connectivity index (χ3v) is 6.61. The average molecular weight is 554 g/mol. The second kappa shape index (κ2) is 11.9. The van der Waals surface area contributed by atoms with Crippen LogP contribution in [0.2, 0.25) is 0 Å². The number of nitrogens with one attached hydrogen (secondary N) is 1. The third kappa shape index (κ3) is 5.74. The Hall–Kier alpha value is -5.18. The summed E-state index contributed by atoms with van der Waals surface area (Å²) >= 11 is 0. The molecular weight excluding hydrogens is 525 g/mol. The van der Waals surface area contributed by atoms with Gasteiger partial charge in [0.1, 0.15) is 5.82 Å². The molecule has 0 radical (unpaired) electrons. The third-order valence-electron chi connectivity index (χ3n) is 6.61. The van der Waals surface area contributed by atoms with Crippen molar-refractivity contribution in [1.82, 2.24) is 15.3 Å². The maximum Gasteiger partial charge on any atom is 0.251 e. The summed E-state index contributed by atoms with van der Waals surface area (Å²) in [5.74, 6) is 1.66. The Balaban J connectivity index is 1.59. The van der Waals surface area contributed by atoms with E-state index in [0.29, 0.717) is 51.0 Å². The fourth-order valence-corrected chi connectivity index (χ4v) is 4.45. The van der Waals surface area contributed by atoms with Crippen LogP contribution in [0, 0.1) is 5.82 Å². The minimum Gasteiger partial charge on any atom is -0.493 e. The van der Waals surface area contributed by atoms with Crippen LogP contribution < -0.4 is 24.3 Å². The number of hydrogen-bond acceptors (Lipinski definition) is 7. The number of nitrogens with zero attached hydrogens (tertiary/aromatic N) is 2. The summed E-state index contributed by atoms with van der Waals surface area (Å²) in [4.78, 5) is 22.9. The van der Waals surface area contributed by atoms with Crippen molar-refractivity contribution in [3.05, 3.63) is 95.8 Å². The van der Waals surface area contributed by atoms with Gasteiger partial charge in [0, 0.05) is 23.2 Å². The summed E-state index contributed by atoms with van der Waals surface area (Å²) in [6.45, 7) is 0.262. The van der Waals surface area contributed by atoms with Crippen LogP contribution in [0.4, 0.5) is 4.39 Å². The van der Waals surface area contributed by atoms with E-state index in [-0.39, 0.29) is 18.3 Å². The molecular formula is C32H28FN3O5. The number of amides is 1. The molecule has 0 aliphatic carbocycles. The highest BCUT2D eigenvalue weighted by Crippen LogP contribution is 2.39. The lowest BCUT2D eigenvalue weighted by molar-refractivity contribution is 0.0951. The molecule has 0 saturated carbocycles. The number of carbonyl (C=O) groups excluding carboxylic acids is 1. The first-order chi connectivity index (χ1) is 19.9. The van der Waals surface area contributed by atoms with Crippen LogP contribution in [-0.2, 0) is 6.54 Å². The number of benzene rings is 4. The minimum absolute atomic E-state index is 0.262. The smallest absolute Gasteiger partial charge is 0.251 e. The van der Waals surface area contributed by atoms with E-state index in [9.17, 15) is 9.18 Å². The molecule has 9 heteroatoms. The number of ether oxygens (including phenoxy) is 4. The normalized spacial score (nSPS) is 10.8.